The second-order valence-electron chi connectivity index (χ2n) is 6.44. The summed E-state index contributed by atoms with van der Waals surface area (Å²) < 4.78 is 13.1. The highest BCUT2D eigenvalue weighted by atomic mass is 32.1. The smallest absolute Gasteiger partial charge is 0.266 e. The number of aryl methyl sites for hydroxylation is 1. The summed E-state index contributed by atoms with van der Waals surface area (Å²) in [4.78, 5) is 24.6. The molecule has 1 aliphatic rings. The summed E-state index contributed by atoms with van der Waals surface area (Å²) >= 11 is 1.38. The molecule has 1 saturated carbocycles. The van der Waals surface area contributed by atoms with E-state index in [0.717, 1.165) is 34.8 Å². The highest BCUT2D eigenvalue weighted by Gasteiger charge is 2.34. The third-order valence-electron chi connectivity index (χ3n) is 4.39. The number of pyridine rings is 1. The molecule has 0 N–H and O–H groups in total. The Balaban J connectivity index is 1.60. The summed E-state index contributed by atoms with van der Waals surface area (Å²) in [6, 6.07) is 12.2. The molecule has 1 aromatic carbocycles. The SMILES string of the molecule is Cc1nc(-c2ccccn2)sc1C(=O)N(Cc1ccc(F)cc1)C1CC1. The number of carbonyl (C=O) groups is 1. The number of hydrogen-bond acceptors (Lipinski definition) is 4. The Labute approximate surface area is 155 Å². The number of rotatable bonds is 5. The molecule has 4 rings (SSSR count). The minimum atomic E-state index is -0.267. The van der Waals surface area contributed by atoms with Crippen LogP contribution in [0.2, 0.25) is 0 Å². The molecule has 0 spiro atoms. The highest BCUT2D eigenvalue weighted by molar-refractivity contribution is 7.17. The Morgan fingerprint density at radius 3 is 2.65 bits per heavy atom. The molecule has 1 aliphatic carbocycles. The van der Waals surface area contributed by atoms with Gasteiger partial charge in [-0.3, -0.25) is 9.78 Å². The monoisotopic (exact) mass is 367 g/mol. The maximum absolute atomic E-state index is 13.2. The van der Waals surface area contributed by atoms with Crippen molar-refractivity contribution in [2.75, 3.05) is 0 Å². The van der Waals surface area contributed by atoms with Gasteiger partial charge in [-0.2, -0.15) is 0 Å². The third kappa shape index (κ3) is 3.51. The molecule has 4 nitrogen and oxygen atoms in total. The first-order valence-corrected chi connectivity index (χ1v) is 9.37. The number of carbonyl (C=O) groups excluding carboxylic acids is 1. The molecule has 1 amide bonds. The number of nitrogens with zero attached hydrogens (tertiary/aromatic N) is 3. The van der Waals surface area contributed by atoms with E-state index in [-0.39, 0.29) is 17.8 Å². The van der Waals surface area contributed by atoms with Gasteiger partial charge in [-0.15, -0.1) is 11.3 Å². The van der Waals surface area contributed by atoms with Crippen LogP contribution in [0.15, 0.2) is 48.7 Å². The first kappa shape index (κ1) is 16.8. The highest BCUT2D eigenvalue weighted by Crippen LogP contribution is 2.33. The van der Waals surface area contributed by atoms with Crippen LogP contribution < -0.4 is 0 Å². The average Bonchev–Trinajstić information content (AvgIpc) is 3.43. The van der Waals surface area contributed by atoms with Gasteiger partial charge >= 0.3 is 0 Å². The molecule has 0 aliphatic heterocycles. The van der Waals surface area contributed by atoms with Gasteiger partial charge < -0.3 is 4.90 Å². The minimum absolute atomic E-state index is 0.00555. The van der Waals surface area contributed by atoms with E-state index in [1.54, 1.807) is 18.3 Å². The van der Waals surface area contributed by atoms with Gasteiger partial charge in [-0.05, 0) is 49.6 Å². The number of thiazole rings is 1. The number of aromatic nitrogens is 2. The number of benzene rings is 1. The van der Waals surface area contributed by atoms with Gasteiger partial charge in [0.05, 0.1) is 11.4 Å². The van der Waals surface area contributed by atoms with Crippen LogP contribution >= 0.6 is 11.3 Å². The van der Waals surface area contributed by atoms with Crippen molar-refractivity contribution in [1.82, 2.24) is 14.9 Å². The Morgan fingerprint density at radius 1 is 1.23 bits per heavy atom. The van der Waals surface area contributed by atoms with Crippen LogP contribution in [0.5, 0.6) is 0 Å². The molecule has 2 heterocycles. The van der Waals surface area contributed by atoms with Crippen molar-refractivity contribution < 1.29 is 9.18 Å². The van der Waals surface area contributed by atoms with Crippen molar-refractivity contribution in [3.63, 3.8) is 0 Å². The quantitative estimate of drug-likeness (QED) is 0.669. The van der Waals surface area contributed by atoms with Gasteiger partial charge in [0.2, 0.25) is 0 Å². The summed E-state index contributed by atoms with van der Waals surface area (Å²) in [5.41, 5.74) is 2.43. The van der Waals surface area contributed by atoms with Gasteiger partial charge in [-0.1, -0.05) is 18.2 Å². The molecule has 2 aromatic heterocycles. The average molecular weight is 367 g/mol. The number of halogens is 1. The third-order valence-corrected chi connectivity index (χ3v) is 5.56. The van der Waals surface area contributed by atoms with Crippen molar-refractivity contribution >= 4 is 17.2 Å². The van der Waals surface area contributed by atoms with E-state index in [1.807, 2.05) is 30.0 Å². The Kier molecular flexibility index (Phi) is 4.51. The summed E-state index contributed by atoms with van der Waals surface area (Å²) in [6.45, 7) is 2.35. The molecule has 0 saturated heterocycles. The lowest BCUT2D eigenvalue weighted by molar-refractivity contribution is 0.0734. The van der Waals surface area contributed by atoms with Crippen molar-refractivity contribution in [2.24, 2.45) is 0 Å². The minimum Gasteiger partial charge on any atom is -0.331 e. The van der Waals surface area contributed by atoms with E-state index in [2.05, 4.69) is 9.97 Å². The van der Waals surface area contributed by atoms with E-state index in [1.165, 1.54) is 23.5 Å². The van der Waals surface area contributed by atoms with Crippen LogP contribution in [0, 0.1) is 12.7 Å². The Bertz CT molecular complexity index is 920. The van der Waals surface area contributed by atoms with E-state index >= 15 is 0 Å². The van der Waals surface area contributed by atoms with Crippen molar-refractivity contribution in [3.05, 3.63) is 70.6 Å². The van der Waals surface area contributed by atoms with Gasteiger partial charge in [0, 0.05) is 18.8 Å². The van der Waals surface area contributed by atoms with Gasteiger partial charge in [0.25, 0.3) is 5.91 Å². The number of hydrogen-bond donors (Lipinski definition) is 0. The molecule has 0 bridgehead atoms. The van der Waals surface area contributed by atoms with Gasteiger partial charge in [0.15, 0.2) is 0 Å². The zero-order chi connectivity index (χ0) is 18.1. The van der Waals surface area contributed by atoms with E-state index in [4.69, 9.17) is 0 Å². The normalized spacial score (nSPS) is 13.6. The molecule has 0 unspecified atom stereocenters. The first-order chi connectivity index (χ1) is 12.6. The number of amides is 1. The molecule has 6 heteroatoms. The van der Waals surface area contributed by atoms with Crippen LogP contribution in [-0.4, -0.2) is 26.8 Å². The fraction of sp³-hybridized carbons (Fsp3) is 0.250. The van der Waals surface area contributed by atoms with Crippen LogP contribution in [0.3, 0.4) is 0 Å². The van der Waals surface area contributed by atoms with E-state index < -0.39 is 0 Å². The predicted molar refractivity (Wildman–Crippen MR) is 99.4 cm³/mol. The zero-order valence-electron chi connectivity index (χ0n) is 14.4. The van der Waals surface area contributed by atoms with E-state index in [0.29, 0.717) is 11.4 Å². The molecular weight excluding hydrogens is 349 g/mol. The molecule has 3 aromatic rings. The summed E-state index contributed by atoms with van der Waals surface area (Å²) in [5.74, 6) is -0.273. The predicted octanol–water partition coefficient (Wildman–Crippen LogP) is 4.46. The van der Waals surface area contributed by atoms with Crippen molar-refractivity contribution in [1.29, 1.82) is 0 Å². The van der Waals surface area contributed by atoms with Crippen LogP contribution in [0.1, 0.15) is 33.8 Å². The van der Waals surface area contributed by atoms with Crippen LogP contribution in [-0.2, 0) is 6.54 Å². The fourth-order valence-electron chi connectivity index (χ4n) is 2.86. The van der Waals surface area contributed by atoms with Gasteiger partial charge in [-0.25, -0.2) is 9.37 Å². The van der Waals surface area contributed by atoms with E-state index in [9.17, 15) is 9.18 Å². The second-order valence-corrected chi connectivity index (χ2v) is 7.44. The standard InChI is InChI=1S/C20H18FN3OS/c1-13-18(26-19(23-13)17-4-2-3-11-22-17)20(25)24(16-9-10-16)12-14-5-7-15(21)8-6-14/h2-8,11,16H,9-10,12H2,1H3. The largest absolute Gasteiger partial charge is 0.331 e. The van der Waals surface area contributed by atoms with Crippen LogP contribution in [0.4, 0.5) is 4.39 Å². The first-order valence-electron chi connectivity index (χ1n) is 8.56. The topological polar surface area (TPSA) is 46.1 Å². The lowest BCUT2D eigenvalue weighted by atomic mass is 10.2. The molecule has 132 valence electrons. The van der Waals surface area contributed by atoms with Crippen molar-refractivity contribution in [2.45, 2.75) is 32.4 Å². The summed E-state index contributed by atoms with van der Waals surface area (Å²) in [5, 5.41) is 0.754. The molecule has 1 fully saturated rings. The molecule has 0 radical (unpaired) electrons. The van der Waals surface area contributed by atoms with Crippen LogP contribution in [0.25, 0.3) is 10.7 Å². The Hall–Kier alpha value is -2.60. The maximum atomic E-state index is 13.2. The fourth-order valence-corrected chi connectivity index (χ4v) is 3.86. The van der Waals surface area contributed by atoms with Crippen molar-refractivity contribution in [3.8, 4) is 10.7 Å². The lowest BCUT2D eigenvalue weighted by Crippen LogP contribution is -2.32. The maximum Gasteiger partial charge on any atom is 0.266 e. The molecule has 26 heavy (non-hydrogen) atoms. The Morgan fingerprint density at radius 2 is 2.00 bits per heavy atom. The molecular formula is C20H18FN3OS. The summed E-state index contributed by atoms with van der Waals surface area (Å²) in [7, 11) is 0. The molecule has 0 atom stereocenters. The second kappa shape index (κ2) is 6.96. The zero-order valence-corrected chi connectivity index (χ0v) is 15.2. The lowest BCUT2D eigenvalue weighted by Gasteiger charge is -2.22. The summed E-state index contributed by atoms with van der Waals surface area (Å²) in [6.07, 6.45) is 3.74. The van der Waals surface area contributed by atoms with Gasteiger partial charge in [0.1, 0.15) is 15.7 Å².